The summed E-state index contributed by atoms with van der Waals surface area (Å²) in [6.07, 6.45) is -3.24. The van der Waals surface area contributed by atoms with Crippen molar-refractivity contribution in [2.24, 2.45) is 0 Å². The lowest BCUT2D eigenvalue weighted by molar-refractivity contribution is -0.137. The van der Waals surface area contributed by atoms with Crippen molar-refractivity contribution in [1.29, 1.82) is 0 Å². The number of carbonyl (C=O) groups is 1. The summed E-state index contributed by atoms with van der Waals surface area (Å²) in [7, 11) is 0. The molecule has 0 saturated carbocycles. The fourth-order valence-electron chi connectivity index (χ4n) is 1.50. The van der Waals surface area contributed by atoms with E-state index in [2.05, 4.69) is 4.98 Å². The van der Waals surface area contributed by atoms with Crippen LogP contribution >= 0.6 is 0 Å². The van der Waals surface area contributed by atoms with E-state index in [1.807, 2.05) is 0 Å². The minimum Gasteiger partial charge on any atom is -0.287 e. The van der Waals surface area contributed by atoms with Gasteiger partial charge in [0.2, 0.25) is 5.78 Å². The van der Waals surface area contributed by atoms with E-state index in [1.165, 1.54) is 12.3 Å². The van der Waals surface area contributed by atoms with Gasteiger partial charge in [-0.2, -0.15) is 13.2 Å². The van der Waals surface area contributed by atoms with E-state index < -0.39 is 29.0 Å². The smallest absolute Gasteiger partial charge is 0.287 e. The van der Waals surface area contributed by atoms with Crippen LogP contribution < -0.4 is 0 Å². The molecule has 0 bridgehead atoms. The van der Waals surface area contributed by atoms with E-state index in [0.29, 0.717) is 0 Å². The zero-order valence-corrected chi connectivity index (χ0v) is 9.41. The van der Waals surface area contributed by atoms with Crippen LogP contribution in [-0.4, -0.2) is 10.8 Å². The Bertz CT molecular complexity index is 605. The van der Waals surface area contributed by atoms with E-state index >= 15 is 0 Å². The molecular weight excluding hydrogens is 262 g/mol. The van der Waals surface area contributed by atoms with E-state index in [9.17, 15) is 22.4 Å². The SMILES string of the molecule is O=C(c1ccc(C(F)(F)F)cc1)c1ncccc1F. The Morgan fingerprint density at radius 2 is 1.68 bits per heavy atom. The van der Waals surface area contributed by atoms with Crippen LogP contribution in [0.3, 0.4) is 0 Å². The third-order valence-corrected chi connectivity index (χ3v) is 2.45. The molecule has 98 valence electrons. The van der Waals surface area contributed by atoms with Crippen molar-refractivity contribution in [2.45, 2.75) is 6.18 Å². The highest BCUT2D eigenvalue weighted by atomic mass is 19.4. The number of rotatable bonds is 2. The Balaban J connectivity index is 2.34. The Labute approximate surface area is 105 Å². The van der Waals surface area contributed by atoms with Gasteiger partial charge in [-0.15, -0.1) is 0 Å². The molecule has 0 unspecified atom stereocenters. The number of ketones is 1. The second kappa shape index (κ2) is 4.79. The Hall–Kier alpha value is -2.24. The molecular formula is C13H7F4NO. The highest BCUT2D eigenvalue weighted by Gasteiger charge is 2.30. The van der Waals surface area contributed by atoms with E-state index in [0.717, 1.165) is 30.3 Å². The Kier molecular flexibility index (Phi) is 3.33. The zero-order chi connectivity index (χ0) is 14.0. The standard InChI is InChI=1S/C13H7F4NO/c14-10-2-1-7-18-11(10)12(19)8-3-5-9(6-4-8)13(15,16)17/h1-7H. The first-order chi connectivity index (χ1) is 8.89. The van der Waals surface area contributed by atoms with Crippen LogP contribution in [0.4, 0.5) is 17.6 Å². The van der Waals surface area contributed by atoms with E-state index in [4.69, 9.17) is 0 Å². The summed E-state index contributed by atoms with van der Waals surface area (Å²) in [4.78, 5) is 15.4. The number of pyridine rings is 1. The zero-order valence-electron chi connectivity index (χ0n) is 9.41. The van der Waals surface area contributed by atoms with Gasteiger partial charge in [0.25, 0.3) is 0 Å². The molecule has 0 spiro atoms. The fourth-order valence-corrected chi connectivity index (χ4v) is 1.50. The van der Waals surface area contributed by atoms with Crippen molar-refractivity contribution in [2.75, 3.05) is 0 Å². The summed E-state index contributed by atoms with van der Waals surface area (Å²) >= 11 is 0. The number of hydrogen-bond donors (Lipinski definition) is 0. The molecule has 0 aliphatic heterocycles. The molecule has 0 N–H and O–H groups in total. The Morgan fingerprint density at radius 1 is 1.05 bits per heavy atom. The summed E-state index contributed by atoms with van der Waals surface area (Å²) in [5.41, 5.74) is -1.33. The highest BCUT2D eigenvalue weighted by Crippen LogP contribution is 2.29. The quantitative estimate of drug-likeness (QED) is 0.617. The minimum atomic E-state index is -4.47. The normalized spacial score (nSPS) is 11.4. The van der Waals surface area contributed by atoms with Crippen molar-refractivity contribution in [3.05, 3.63) is 65.2 Å². The molecule has 1 aromatic heterocycles. The first-order valence-electron chi connectivity index (χ1n) is 5.22. The van der Waals surface area contributed by atoms with Gasteiger partial charge in [-0.05, 0) is 24.3 Å². The van der Waals surface area contributed by atoms with Crippen molar-refractivity contribution >= 4 is 5.78 Å². The lowest BCUT2D eigenvalue weighted by atomic mass is 10.1. The molecule has 2 nitrogen and oxygen atoms in total. The first kappa shape index (κ1) is 13.2. The van der Waals surface area contributed by atoms with Gasteiger partial charge in [0.05, 0.1) is 5.56 Å². The maximum absolute atomic E-state index is 13.3. The largest absolute Gasteiger partial charge is 0.416 e. The summed E-state index contributed by atoms with van der Waals surface area (Å²) in [5, 5.41) is 0. The number of carbonyl (C=O) groups excluding carboxylic acids is 1. The highest BCUT2D eigenvalue weighted by molar-refractivity contribution is 6.07. The molecule has 0 aliphatic rings. The number of nitrogens with zero attached hydrogens (tertiary/aromatic N) is 1. The molecule has 0 fully saturated rings. The van der Waals surface area contributed by atoms with Crippen LogP contribution in [0.1, 0.15) is 21.6 Å². The van der Waals surface area contributed by atoms with Crippen molar-refractivity contribution in [1.82, 2.24) is 4.98 Å². The number of alkyl halides is 3. The van der Waals surface area contributed by atoms with Gasteiger partial charge < -0.3 is 0 Å². The second-order valence-corrected chi connectivity index (χ2v) is 3.74. The van der Waals surface area contributed by atoms with Gasteiger partial charge in [0.15, 0.2) is 5.82 Å². The van der Waals surface area contributed by atoms with Crippen LogP contribution in [0, 0.1) is 5.82 Å². The first-order valence-corrected chi connectivity index (χ1v) is 5.22. The molecule has 0 aliphatic carbocycles. The maximum Gasteiger partial charge on any atom is 0.416 e. The third-order valence-electron chi connectivity index (χ3n) is 2.45. The van der Waals surface area contributed by atoms with Crippen molar-refractivity contribution in [3.63, 3.8) is 0 Å². The molecule has 2 rings (SSSR count). The molecule has 6 heteroatoms. The summed E-state index contributed by atoms with van der Waals surface area (Å²) in [6, 6.07) is 5.92. The average Bonchev–Trinajstić information content (AvgIpc) is 2.38. The predicted molar refractivity (Wildman–Crippen MR) is 59.1 cm³/mol. The predicted octanol–water partition coefficient (Wildman–Crippen LogP) is 3.47. The number of aromatic nitrogens is 1. The molecule has 2 aromatic rings. The molecule has 0 atom stereocenters. The number of halogens is 4. The topological polar surface area (TPSA) is 30.0 Å². The van der Waals surface area contributed by atoms with Gasteiger partial charge in [0, 0.05) is 11.8 Å². The average molecular weight is 269 g/mol. The molecule has 0 amide bonds. The number of hydrogen-bond acceptors (Lipinski definition) is 2. The molecule has 0 radical (unpaired) electrons. The van der Waals surface area contributed by atoms with Crippen LogP contribution in [-0.2, 0) is 6.18 Å². The van der Waals surface area contributed by atoms with Crippen molar-refractivity contribution < 1.29 is 22.4 Å². The summed E-state index contributed by atoms with van der Waals surface area (Å²) in [6.45, 7) is 0. The van der Waals surface area contributed by atoms with Crippen LogP contribution in [0.2, 0.25) is 0 Å². The monoisotopic (exact) mass is 269 g/mol. The van der Waals surface area contributed by atoms with Gasteiger partial charge >= 0.3 is 6.18 Å². The number of benzene rings is 1. The van der Waals surface area contributed by atoms with Crippen molar-refractivity contribution in [3.8, 4) is 0 Å². The minimum absolute atomic E-state index is 0.0504. The maximum atomic E-state index is 13.3. The molecule has 19 heavy (non-hydrogen) atoms. The third kappa shape index (κ3) is 2.78. The van der Waals surface area contributed by atoms with Crippen LogP contribution in [0.5, 0.6) is 0 Å². The fraction of sp³-hybridized carbons (Fsp3) is 0.0769. The second-order valence-electron chi connectivity index (χ2n) is 3.74. The summed E-state index contributed by atoms with van der Waals surface area (Å²) < 4.78 is 50.4. The Morgan fingerprint density at radius 3 is 2.21 bits per heavy atom. The summed E-state index contributed by atoms with van der Waals surface area (Å²) in [5.74, 6) is -1.57. The lowest BCUT2D eigenvalue weighted by Gasteiger charge is -2.07. The van der Waals surface area contributed by atoms with Gasteiger partial charge in [-0.25, -0.2) is 9.37 Å². The van der Waals surface area contributed by atoms with Crippen LogP contribution in [0.15, 0.2) is 42.6 Å². The van der Waals surface area contributed by atoms with Gasteiger partial charge in [0.1, 0.15) is 5.69 Å². The van der Waals surface area contributed by atoms with Gasteiger partial charge in [-0.3, -0.25) is 4.79 Å². The van der Waals surface area contributed by atoms with E-state index in [-0.39, 0.29) is 5.56 Å². The lowest BCUT2D eigenvalue weighted by Crippen LogP contribution is -2.09. The molecule has 0 saturated heterocycles. The van der Waals surface area contributed by atoms with Crippen LogP contribution in [0.25, 0.3) is 0 Å². The van der Waals surface area contributed by atoms with Gasteiger partial charge in [-0.1, -0.05) is 12.1 Å². The van der Waals surface area contributed by atoms with E-state index in [1.54, 1.807) is 0 Å². The molecule has 1 aromatic carbocycles. The molecule has 1 heterocycles.